The van der Waals surface area contributed by atoms with Gasteiger partial charge in [0.1, 0.15) is 0 Å². The summed E-state index contributed by atoms with van der Waals surface area (Å²) < 4.78 is 0. The molecule has 106 valence electrons. The van der Waals surface area contributed by atoms with Crippen LogP contribution in [0.4, 0.5) is 0 Å². The minimum Gasteiger partial charge on any atom is -0.267 e. The highest BCUT2D eigenvalue weighted by Crippen LogP contribution is 2.47. The number of rotatable bonds is 3. The highest BCUT2D eigenvalue weighted by molar-refractivity contribution is 5.94. The first-order valence-corrected chi connectivity index (χ1v) is 7.54. The molecule has 0 aliphatic heterocycles. The fraction of sp³-hybridized carbons (Fsp3) is 0.529. The maximum atomic E-state index is 12.0. The normalized spacial score (nSPS) is 28.2. The number of nitrogens with one attached hydrogen (secondary N) is 1. The SMILES string of the molecule is Cc1ccc(C(=O)N/N=C/C2CC3CCC2C3)cc1C. The summed E-state index contributed by atoms with van der Waals surface area (Å²) in [6.07, 6.45) is 7.31. The van der Waals surface area contributed by atoms with Crippen molar-refractivity contribution in [3.63, 3.8) is 0 Å². The van der Waals surface area contributed by atoms with Crippen LogP contribution >= 0.6 is 0 Å². The van der Waals surface area contributed by atoms with Gasteiger partial charge in [-0.2, -0.15) is 5.10 Å². The molecule has 1 aromatic carbocycles. The Morgan fingerprint density at radius 3 is 2.75 bits per heavy atom. The number of benzene rings is 1. The molecule has 0 radical (unpaired) electrons. The Hall–Kier alpha value is -1.64. The Kier molecular flexibility index (Phi) is 3.60. The van der Waals surface area contributed by atoms with Gasteiger partial charge in [-0.15, -0.1) is 0 Å². The lowest BCUT2D eigenvalue weighted by molar-refractivity contribution is 0.0954. The minimum atomic E-state index is -0.118. The van der Waals surface area contributed by atoms with Crippen LogP contribution in [0.3, 0.4) is 0 Å². The van der Waals surface area contributed by atoms with Crippen molar-refractivity contribution in [2.24, 2.45) is 22.9 Å². The fourth-order valence-corrected chi connectivity index (χ4v) is 3.62. The number of amides is 1. The predicted octanol–water partition coefficient (Wildman–Crippen LogP) is 3.46. The van der Waals surface area contributed by atoms with Gasteiger partial charge in [-0.25, -0.2) is 5.43 Å². The molecule has 2 aliphatic carbocycles. The Morgan fingerprint density at radius 1 is 1.25 bits per heavy atom. The first kappa shape index (κ1) is 13.3. The van der Waals surface area contributed by atoms with E-state index in [9.17, 15) is 4.79 Å². The van der Waals surface area contributed by atoms with Gasteiger partial charge in [0, 0.05) is 11.8 Å². The van der Waals surface area contributed by atoms with Crippen LogP contribution in [0, 0.1) is 31.6 Å². The minimum absolute atomic E-state index is 0.118. The molecule has 1 N–H and O–H groups in total. The van der Waals surface area contributed by atoms with Gasteiger partial charge in [0.2, 0.25) is 0 Å². The van der Waals surface area contributed by atoms with Gasteiger partial charge in [-0.05, 0) is 74.1 Å². The van der Waals surface area contributed by atoms with Crippen LogP contribution in [0.15, 0.2) is 23.3 Å². The van der Waals surface area contributed by atoms with E-state index in [1.165, 1.54) is 31.2 Å². The number of carbonyl (C=O) groups excluding carboxylic acids is 1. The number of fused-ring (bicyclic) bond motifs is 2. The van der Waals surface area contributed by atoms with Gasteiger partial charge < -0.3 is 0 Å². The van der Waals surface area contributed by atoms with Crippen LogP contribution in [0.25, 0.3) is 0 Å². The summed E-state index contributed by atoms with van der Waals surface area (Å²) in [7, 11) is 0. The summed E-state index contributed by atoms with van der Waals surface area (Å²) in [6.45, 7) is 4.06. The first-order valence-electron chi connectivity index (χ1n) is 7.54. The quantitative estimate of drug-likeness (QED) is 0.663. The van der Waals surface area contributed by atoms with Crippen molar-refractivity contribution in [1.82, 2.24) is 5.43 Å². The molecule has 20 heavy (non-hydrogen) atoms. The molecule has 2 aliphatic rings. The second kappa shape index (κ2) is 5.39. The van der Waals surface area contributed by atoms with Crippen LogP contribution in [-0.4, -0.2) is 12.1 Å². The number of hydrazone groups is 1. The van der Waals surface area contributed by atoms with E-state index in [1.54, 1.807) is 0 Å². The monoisotopic (exact) mass is 270 g/mol. The van der Waals surface area contributed by atoms with Crippen LogP contribution in [0.5, 0.6) is 0 Å². The lowest BCUT2D eigenvalue weighted by Crippen LogP contribution is -2.20. The zero-order chi connectivity index (χ0) is 14.1. The largest absolute Gasteiger partial charge is 0.271 e. The number of hydrogen-bond donors (Lipinski definition) is 1. The summed E-state index contributed by atoms with van der Waals surface area (Å²) in [5, 5.41) is 4.18. The molecule has 3 nitrogen and oxygen atoms in total. The average Bonchev–Trinajstić information content (AvgIpc) is 3.04. The topological polar surface area (TPSA) is 41.5 Å². The smallest absolute Gasteiger partial charge is 0.267 e. The van der Waals surface area contributed by atoms with Gasteiger partial charge in [0.15, 0.2) is 0 Å². The first-order chi connectivity index (χ1) is 9.63. The zero-order valence-corrected chi connectivity index (χ0v) is 12.2. The molecule has 1 amide bonds. The van der Waals surface area contributed by atoms with Crippen LogP contribution in [0.2, 0.25) is 0 Å². The average molecular weight is 270 g/mol. The molecular weight excluding hydrogens is 248 g/mol. The summed E-state index contributed by atoms with van der Waals surface area (Å²) in [5.74, 6) is 2.18. The molecule has 0 spiro atoms. The summed E-state index contributed by atoms with van der Waals surface area (Å²) in [4.78, 5) is 12.0. The van der Waals surface area contributed by atoms with E-state index in [0.29, 0.717) is 11.5 Å². The van der Waals surface area contributed by atoms with Gasteiger partial charge in [0.05, 0.1) is 0 Å². The summed E-state index contributed by atoms with van der Waals surface area (Å²) >= 11 is 0. The van der Waals surface area contributed by atoms with Crippen molar-refractivity contribution in [2.75, 3.05) is 0 Å². The van der Waals surface area contributed by atoms with E-state index in [1.807, 2.05) is 38.3 Å². The van der Waals surface area contributed by atoms with Gasteiger partial charge in [-0.1, -0.05) is 12.5 Å². The highest BCUT2D eigenvalue weighted by atomic mass is 16.2. The molecular formula is C17H22N2O. The van der Waals surface area contributed by atoms with Crippen molar-refractivity contribution in [1.29, 1.82) is 0 Å². The molecule has 3 atom stereocenters. The Morgan fingerprint density at radius 2 is 2.10 bits per heavy atom. The summed E-state index contributed by atoms with van der Waals surface area (Å²) in [6, 6.07) is 5.74. The molecule has 2 fully saturated rings. The zero-order valence-electron chi connectivity index (χ0n) is 12.2. The number of carbonyl (C=O) groups is 1. The molecule has 0 saturated heterocycles. The van der Waals surface area contributed by atoms with E-state index in [-0.39, 0.29) is 5.91 Å². The molecule has 3 heteroatoms. The lowest BCUT2D eigenvalue weighted by Gasteiger charge is -2.16. The molecule has 3 rings (SSSR count). The maximum absolute atomic E-state index is 12.0. The molecule has 2 saturated carbocycles. The van der Waals surface area contributed by atoms with Gasteiger partial charge >= 0.3 is 0 Å². The van der Waals surface area contributed by atoms with E-state index in [0.717, 1.165) is 17.4 Å². The Bertz CT molecular complexity index is 550. The number of hydrogen-bond acceptors (Lipinski definition) is 2. The van der Waals surface area contributed by atoms with Crippen molar-refractivity contribution < 1.29 is 4.79 Å². The van der Waals surface area contributed by atoms with E-state index in [4.69, 9.17) is 0 Å². The number of aryl methyl sites for hydroxylation is 2. The van der Waals surface area contributed by atoms with E-state index in [2.05, 4.69) is 10.5 Å². The predicted molar refractivity (Wildman–Crippen MR) is 80.8 cm³/mol. The maximum Gasteiger partial charge on any atom is 0.271 e. The standard InChI is InChI=1S/C17H22N2O/c1-11-3-5-15(7-12(11)2)17(20)19-18-10-16-9-13-4-6-14(16)8-13/h3,5,7,10,13-14,16H,4,6,8-9H2,1-2H3,(H,19,20)/b18-10+. The third kappa shape index (κ3) is 2.62. The van der Waals surface area contributed by atoms with Crippen molar-refractivity contribution in [3.05, 3.63) is 34.9 Å². The molecule has 2 bridgehead atoms. The third-order valence-electron chi connectivity index (χ3n) is 4.99. The van der Waals surface area contributed by atoms with E-state index < -0.39 is 0 Å². The molecule has 0 aromatic heterocycles. The molecule has 3 unspecified atom stereocenters. The second-order valence-electron chi connectivity index (χ2n) is 6.36. The Balaban J connectivity index is 1.57. The van der Waals surface area contributed by atoms with Crippen LogP contribution in [0.1, 0.15) is 47.2 Å². The van der Waals surface area contributed by atoms with Crippen LogP contribution in [-0.2, 0) is 0 Å². The van der Waals surface area contributed by atoms with Crippen molar-refractivity contribution in [3.8, 4) is 0 Å². The van der Waals surface area contributed by atoms with Gasteiger partial charge in [0.25, 0.3) is 5.91 Å². The van der Waals surface area contributed by atoms with E-state index >= 15 is 0 Å². The van der Waals surface area contributed by atoms with Gasteiger partial charge in [-0.3, -0.25) is 4.79 Å². The van der Waals surface area contributed by atoms with Crippen molar-refractivity contribution in [2.45, 2.75) is 39.5 Å². The number of nitrogens with zero attached hydrogens (tertiary/aromatic N) is 1. The lowest BCUT2D eigenvalue weighted by atomic mass is 9.90. The fourth-order valence-electron chi connectivity index (χ4n) is 3.62. The summed E-state index contributed by atoms with van der Waals surface area (Å²) in [5.41, 5.74) is 5.68. The third-order valence-corrected chi connectivity index (χ3v) is 4.99. The Labute approximate surface area is 120 Å². The highest BCUT2D eigenvalue weighted by Gasteiger charge is 2.38. The second-order valence-corrected chi connectivity index (χ2v) is 6.36. The molecule has 1 aromatic rings. The van der Waals surface area contributed by atoms with Crippen LogP contribution < -0.4 is 5.43 Å². The van der Waals surface area contributed by atoms with Crippen molar-refractivity contribution >= 4 is 12.1 Å². The molecule has 0 heterocycles.